The number of carbonyl (C=O) groups is 6. The van der Waals surface area contributed by atoms with Crippen molar-refractivity contribution in [1.29, 1.82) is 0 Å². The summed E-state index contributed by atoms with van der Waals surface area (Å²) in [6.45, 7) is 0. The van der Waals surface area contributed by atoms with Gasteiger partial charge in [0.05, 0.1) is 12.5 Å². The van der Waals surface area contributed by atoms with Crippen LogP contribution in [0.25, 0.3) is 0 Å². The summed E-state index contributed by atoms with van der Waals surface area (Å²) in [7, 11) is 0. The minimum atomic E-state index is -1.47. The Balaban J connectivity index is 3.08. The van der Waals surface area contributed by atoms with E-state index in [-0.39, 0.29) is 19.3 Å². The maximum atomic E-state index is 13.2. The molecule has 0 heterocycles. The van der Waals surface area contributed by atoms with Crippen molar-refractivity contribution in [3.8, 4) is 0 Å². The lowest BCUT2D eigenvalue weighted by molar-refractivity contribution is -0.143. The fourth-order valence-electron chi connectivity index (χ4n) is 3.22. The van der Waals surface area contributed by atoms with Crippen molar-refractivity contribution >= 4 is 47.3 Å². The zero-order valence-electron chi connectivity index (χ0n) is 20.3. The number of hydrogen-bond acceptors (Lipinski definition) is 8. The predicted molar refractivity (Wildman–Crippen MR) is 135 cm³/mol. The summed E-state index contributed by atoms with van der Waals surface area (Å²) >= 11 is 1.39. The molecule has 4 amide bonds. The number of carbonyl (C=O) groups excluding carboxylic acids is 4. The van der Waals surface area contributed by atoms with Gasteiger partial charge in [0, 0.05) is 12.8 Å². The van der Waals surface area contributed by atoms with Gasteiger partial charge in [-0.1, -0.05) is 30.3 Å². The Hall–Kier alpha value is -3.65. The number of nitrogens with one attached hydrogen (secondary N) is 3. The summed E-state index contributed by atoms with van der Waals surface area (Å²) in [4.78, 5) is 72.0. The minimum Gasteiger partial charge on any atom is -0.481 e. The molecule has 1 aromatic carbocycles. The highest BCUT2D eigenvalue weighted by atomic mass is 32.2. The highest BCUT2D eigenvalue weighted by Gasteiger charge is 2.30. The quantitative estimate of drug-likeness (QED) is 0.122. The fourth-order valence-corrected chi connectivity index (χ4v) is 3.69. The van der Waals surface area contributed by atoms with Crippen LogP contribution >= 0.6 is 11.8 Å². The van der Waals surface area contributed by atoms with Gasteiger partial charge in [0.2, 0.25) is 23.6 Å². The van der Waals surface area contributed by atoms with E-state index in [1.54, 1.807) is 36.6 Å². The summed E-state index contributed by atoms with van der Waals surface area (Å²) in [5.41, 5.74) is 11.5. The molecule has 0 fully saturated rings. The van der Waals surface area contributed by atoms with Gasteiger partial charge in [0.15, 0.2) is 0 Å². The summed E-state index contributed by atoms with van der Waals surface area (Å²) < 4.78 is 0. The van der Waals surface area contributed by atoms with Crippen molar-refractivity contribution in [2.75, 3.05) is 12.0 Å². The molecule has 0 saturated carbocycles. The van der Waals surface area contributed by atoms with Gasteiger partial charge in [-0.25, -0.2) is 4.79 Å². The molecule has 1 rings (SSSR count). The van der Waals surface area contributed by atoms with Crippen LogP contribution in [0.3, 0.4) is 0 Å². The number of primary amides is 1. The molecule has 0 radical (unpaired) electrons. The van der Waals surface area contributed by atoms with Crippen LogP contribution in [0.5, 0.6) is 0 Å². The van der Waals surface area contributed by atoms with Gasteiger partial charge in [0.1, 0.15) is 18.1 Å². The van der Waals surface area contributed by atoms with E-state index in [1.165, 1.54) is 11.8 Å². The highest BCUT2D eigenvalue weighted by molar-refractivity contribution is 7.98. The molecule has 1 aromatic rings. The Kier molecular flexibility index (Phi) is 13.7. The third kappa shape index (κ3) is 12.2. The first-order valence-corrected chi connectivity index (χ1v) is 12.8. The first-order chi connectivity index (χ1) is 17.4. The average molecular weight is 540 g/mol. The van der Waals surface area contributed by atoms with Crippen LogP contribution in [0, 0.1) is 0 Å². The monoisotopic (exact) mass is 539 g/mol. The number of thioether (sulfide) groups is 1. The zero-order chi connectivity index (χ0) is 28.0. The smallest absolute Gasteiger partial charge is 0.326 e. The Labute approximate surface area is 218 Å². The highest BCUT2D eigenvalue weighted by Crippen LogP contribution is 2.08. The van der Waals surface area contributed by atoms with E-state index < -0.39 is 72.6 Å². The van der Waals surface area contributed by atoms with Crippen molar-refractivity contribution in [3.05, 3.63) is 35.9 Å². The number of aliphatic carboxylic acids is 2. The van der Waals surface area contributed by atoms with Crippen molar-refractivity contribution in [1.82, 2.24) is 16.0 Å². The average Bonchev–Trinajstić information content (AvgIpc) is 2.83. The molecule has 0 saturated heterocycles. The molecule has 0 aliphatic carbocycles. The second-order valence-electron chi connectivity index (χ2n) is 8.20. The lowest BCUT2D eigenvalue weighted by atomic mass is 10.0. The van der Waals surface area contributed by atoms with Crippen LogP contribution in [0.4, 0.5) is 0 Å². The molecule has 13 nitrogen and oxygen atoms in total. The van der Waals surface area contributed by atoms with Gasteiger partial charge in [-0.15, -0.1) is 0 Å². The number of hydrogen-bond donors (Lipinski definition) is 7. The third-order valence-corrected chi connectivity index (χ3v) is 5.82. The van der Waals surface area contributed by atoms with Gasteiger partial charge in [-0.3, -0.25) is 24.0 Å². The number of benzene rings is 1. The van der Waals surface area contributed by atoms with Crippen LogP contribution in [0.1, 0.15) is 31.2 Å². The Morgan fingerprint density at radius 3 is 1.97 bits per heavy atom. The molecule has 37 heavy (non-hydrogen) atoms. The molecule has 4 atom stereocenters. The first kappa shape index (κ1) is 31.4. The van der Waals surface area contributed by atoms with Gasteiger partial charge in [0.25, 0.3) is 0 Å². The van der Waals surface area contributed by atoms with E-state index in [1.807, 2.05) is 0 Å². The number of carboxylic acid groups (broad SMARTS) is 2. The lowest BCUT2D eigenvalue weighted by Gasteiger charge is -2.25. The second-order valence-corrected chi connectivity index (χ2v) is 9.19. The van der Waals surface area contributed by atoms with Crippen LogP contribution in [0.2, 0.25) is 0 Å². The molecular formula is C23H33N5O8S. The molecule has 4 unspecified atom stereocenters. The zero-order valence-corrected chi connectivity index (χ0v) is 21.2. The number of carboxylic acids is 2. The molecule has 0 aromatic heterocycles. The molecular weight excluding hydrogens is 506 g/mol. The minimum absolute atomic E-state index is 0.0366. The van der Waals surface area contributed by atoms with E-state index in [4.69, 9.17) is 16.6 Å². The summed E-state index contributed by atoms with van der Waals surface area (Å²) in [5.74, 6) is -5.33. The van der Waals surface area contributed by atoms with Crippen LogP contribution in [-0.4, -0.2) is 82.0 Å². The topological polar surface area (TPSA) is 231 Å². The number of rotatable bonds is 17. The number of nitrogens with two attached hydrogens (primary N) is 2. The third-order valence-electron chi connectivity index (χ3n) is 5.18. The molecule has 14 heteroatoms. The standard InChI is InChI=1S/C23H33N5O8S/c1-37-10-9-15(21(33)27-16(23(35)36)7-8-19(30)31)26-22(34)17(11-13-5-3-2-4-6-13)28-20(32)14(24)12-18(25)29/h2-6,14-17H,7-12,24H2,1H3,(H2,25,29)(H,26,34)(H,27,33)(H,28,32)(H,30,31)(H,35,36). The van der Waals surface area contributed by atoms with Crippen molar-refractivity contribution < 1.29 is 39.0 Å². The summed E-state index contributed by atoms with van der Waals surface area (Å²) in [5, 5.41) is 25.5. The Morgan fingerprint density at radius 2 is 1.43 bits per heavy atom. The van der Waals surface area contributed by atoms with Gasteiger partial charge >= 0.3 is 11.9 Å². The van der Waals surface area contributed by atoms with Crippen molar-refractivity contribution in [3.63, 3.8) is 0 Å². The maximum absolute atomic E-state index is 13.2. The van der Waals surface area contributed by atoms with Crippen molar-refractivity contribution in [2.24, 2.45) is 11.5 Å². The summed E-state index contributed by atoms with van der Waals surface area (Å²) in [6.07, 6.45) is 0.700. The van der Waals surface area contributed by atoms with Gasteiger partial charge in [-0.2, -0.15) is 11.8 Å². The van der Waals surface area contributed by atoms with E-state index in [0.717, 1.165) is 0 Å². The lowest BCUT2D eigenvalue weighted by Crippen LogP contribution is -2.58. The molecule has 0 aliphatic heterocycles. The van der Waals surface area contributed by atoms with Gasteiger partial charge < -0.3 is 37.6 Å². The van der Waals surface area contributed by atoms with Crippen LogP contribution < -0.4 is 27.4 Å². The molecule has 204 valence electrons. The molecule has 9 N–H and O–H groups in total. The van der Waals surface area contributed by atoms with Crippen LogP contribution in [-0.2, 0) is 35.2 Å². The molecule has 0 spiro atoms. The normalized spacial score (nSPS) is 13.9. The maximum Gasteiger partial charge on any atom is 0.326 e. The fraction of sp³-hybridized carbons (Fsp3) is 0.478. The van der Waals surface area contributed by atoms with E-state index in [9.17, 15) is 33.9 Å². The Morgan fingerprint density at radius 1 is 0.865 bits per heavy atom. The molecule has 0 aliphatic rings. The second kappa shape index (κ2) is 16.2. The predicted octanol–water partition coefficient (Wildman–Crippen LogP) is -1.41. The van der Waals surface area contributed by atoms with Crippen LogP contribution in [0.15, 0.2) is 30.3 Å². The number of amides is 4. The molecule has 0 bridgehead atoms. The van der Waals surface area contributed by atoms with E-state index in [2.05, 4.69) is 16.0 Å². The Bertz CT molecular complexity index is 962. The van der Waals surface area contributed by atoms with E-state index in [0.29, 0.717) is 11.3 Å². The largest absolute Gasteiger partial charge is 0.481 e. The summed E-state index contributed by atoms with van der Waals surface area (Å²) in [6, 6.07) is 3.61. The van der Waals surface area contributed by atoms with E-state index >= 15 is 0 Å². The first-order valence-electron chi connectivity index (χ1n) is 11.4. The van der Waals surface area contributed by atoms with Gasteiger partial charge in [-0.05, 0) is 30.4 Å². The van der Waals surface area contributed by atoms with Crippen molar-refractivity contribution in [2.45, 2.75) is 56.3 Å². The SMILES string of the molecule is CSCCC(NC(=O)C(Cc1ccccc1)NC(=O)C(N)CC(N)=O)C(=O)NC(CCC(=O)O)C(=O)O.